The van der Waals surface area contributed by atoms with Crippen molar-refractivity contribution in [1.82, 2.24) is 4.49 Å². The van der Waals surface area contributed by atoms with E-state index in [1.807, 2.05) is 0 Å². The van der Waals surface area contributed by atoms with Crippen molar-refractivity contribution in [2.24, 2.45) is 11.0 Å². The third-order valence-electron chi connectivity index (χ3n) is 0.568. The number of alkyl halides is 3. The molecule has 5 N–H and O–H groups in total. The molecule has 0 aliphatic carbocycles. The summed E-state index contributed by atoms with van der Waals surface area (Å²) >= 11 is 4.08. The first-order valence-electron chi connectivity index (χ1n) is 2.23. The first-order chi connectivity index (χ1) is 4.96. The zero-order chi connectivity index (χ0) is 10.2. The molecule has 74 valence electrons. The number of halogens is 3. The van der Waals surface area contributed by atoms with E-state index in [2.05, 4.69) is 11.8 Å². The van der Waals surface area contributed by atoms with Gasteiger partial charge in [0.25, 0.3) is 0 Å². The van der Waals surface area contributed by atoms with Gasteiger partial charge in [-0.05, 0) is 11.8 Å². The summed E-state index contributed by atoms with van der Waals surface area (Å²) in [5.41, 5.74) is 4.03. The van der Waals surface area contributed by atoms with Crippen molar-refractivity contribution in [3.05, 3.63) is 0 Å². The highest BCUT2D eigenvalue weighted by atomic mass is 32.5. The second-order valence-corrected chi connectivity index (χ2v) is 7.18. The van der Waals surface area contributed by atoms with Gasteiger partial charge in [-0.1, -0.05) is 0 Å². The molecule has 5 nitrogen and oxygen atoms in total. The van der Waals surface area contributed by atoms with Crippen LogP contribution in [0.25, 0.3) is 0 Å². The Labute approximate surface area is 71.5 Å². The van der Waals surface area contributed by atoms with Crippen LogP contribution < -0.4 is 15.5 Å². The molecule has 0 spiro atoms. The van der Waals surface area contributed by atoms with Gasteiger partial charge in [-0.25, -0.2) is 8.42 Å². The molecule has 11 heteroatoms. The van der Waals surface area contributed by atoms with Gasteiger partial charge in [-0.3, -0.25) is 11.0 Å². The van der Waals surface area contributed by atoms with Crippen LogP contribution in [0.3, 0.4) is 0 Å². The first-order valence-corrected chi connectivity index (χ1v) is 6.65. The van der Waals surface area contributed by atoms with Crippen LogP contribution in [0.1, 0.15) is 0 Å². The van der Waals surface area contributed by atoms with Gasteiger partial charge in [0.2, 0.25) is 0 Å². The van der Waals surface area contributed by atoms with Crippen molar-refractivity contribution in [3.8, 4) is 0 Å². The molecule has 0 aliphatic rings. The Balaban J connectivity index is 4.83. The van der Waals surface area contributed by atoms with Crippen molar-refractivity contribution in [3.63, 3.8) is 0 Å². The van der Waals surface area contributed by atoms with Crippen molar-refractivity contribution >= 4 is 28.3 Å². The normalized spacial score (nSPS) is 14.8. The molecule has 0 saturated heterocycles. The van der Waals surface area contributed by atoms with Crippen LogP contribution >= 0.6 is 6.49 Å². The van der Waals surface area contributed by atoms with E-state index in [9.17, 15) is 21.6 Å². The molecule has 0 bridgehead atoms. The van der Waals surface area contributed by atoms with Crippen molar-refractivity contribution in [1.29, 1.82) is 0 Å². The maximum Gasteiger partial charge on any atom is 0.511 e. The Morgan fingerprint density at radius 3 is 1.75 bits per heavy atom. The number of sulfonamides is 1. The van der Waals surface area contributed by atoms with E-state index < -0.39 is 22.0 Å². The van der Waals surface area contributed by atoms with Crippen molar-refractivity contribution in [2.75, 3.05) is 0 Å². The largest absolute Gasteiger partial charge is 0.511 e. The molecule has 0 fully saturated rings. The molecule has 0 saturated carbocycles. The Bertz CT molecular complexity index is 302. The van der Waals surface area contributed by atoms with E-state index >= 15 is 0 Å². The number of rotatable bonds is 2. The molecule has 0 heterocycles. The van der Waals surface area contributed by atoms with Crippen LogP contribution in [0.15, 0.2) is 0 Å². The molecule has 0 radical (unpaired) electrons. The summed E-state index contributed by atoms with van der Waals surface area (Å²) in [4.78, 5) is 0. The fourth-order valence-corrected chi connectivity index (χ4v) is 3.04. The zero-order valence-electron chi connectivity index (χ0n) is 5.37. The highest BCUT2D eigenvalue weighted by Crippen LogP contribution is 2.29. The van der Waals surface area contributed by atoms with Crippen molar-refractivity contribution in [2.45, 2.75) is 5.51 Å². The smallest absolute Gasteiger partial charge is 0.279 e. The SMILES string of the molecule is NP(N)(=S)NS(=O)(=O)C(F)(F)F. The summed E-state index contributed by atoms with van der Waals surface area (Å²) in [7, 11) is -5.51. The predicted octanol–water partition coefficient (Wildman–Crippen LogP) is -0.433. The Kier molecular flexibility index (Phi) is 3.27. The second kappa shape index (κ2) is 3.20. The van der Waals surface area contributed by atoms with Gasteiger partial charge in [-0.2, -0.15) is 17.7 Å². The van der Waals surface area contributed by atoms with Gasteiger partial charge in [-0.15, -0.1) is 0 Å². The van der Waals surface area contributed by atoms with Gasteiger partial charge in [0, 0.05) is 0 Å². The minimum atomic E-state index is -5.51. The fourth-order valence-electron chi connectivity index (χ4n) is 0.240. The fraction of sp³-hybridized carbons (Fsp3) is 1.00. The van der Waals surface area contributed by atoms with E-state index in [1.165, 1.54) is 0 Å². The standard InChI is InChI=1S/CH5F3N3O2PS2/c2-1(3,4)12(8,9)7-10(5,6)11/h(H5,5,6,7,11). The highest BCUT2D eigenvalue weighted by Gasteiger charge is 2.47. The number of nitrogens with one attached hydrogen (secondary N) is 1. The van der Waals surface area contributed by atoms with E-state index in [0.717, 1.165) is 4.49 Å². The minimum Gasteiger partial charge on any atom is -0.279 e. The summed E-state index contributed by atoms with van der Waals surface area (Å²) < 4.78 is 56.2. The third-order valence-corrected chi connectivity index (χ3v) is 3.95. The Morgan fingerprint density at radius 1 is 1.33 bits per heavy atom. The second-order valence-electron chi connectivity index (χ2n) is 1.75. The van der Waals surface area contributed by atoms with E-state index in [-0.39, 0.29) is 0 Å². The average molecular weight is 243 g/mol. The van der Waals surface area contributed by atoms with Crippen LogP contribution in [0.4, 0.5) is 13.2 Å². The van der Waals surface area contributed by atoms with Crippen LogP contribution in [0, 0.1) is 0 Å². The minimum absolute atomic E-state index is 0.964. The maximum absolute atomic E-state index is 11.6. The Morgan fingerprint density at radius 2 is 1.67 bits per heavy atom. The molecule has 0 unspecified atom stereocenters. The van der Waals surface area contributed by atoms with Gasteiger partial charge in [0.05, 0.1) is 0 Å². The monoisotopic (exact) mass is 243 g/mol. The number of nitrogens with two attached hydrogens (primary N) is 2. The van der Waals surface area contributed by atoms with Gasteiger partial charge >= 0.3 is 15.5 Å². The van der Waals surface area contributed by atoms with Crippen molar-refractivity contribution < 1.29 is 21.6 Å². The molecule has 0 aromatic heterocycles. The maximum atomic E-state index is 11.6. The van der Waals surface area contributed by atoms with Gasteiger partial charge < -0.3 is 0 Å². The van der Waals surface area contributed by atoms with Crippen LogP contribution in [-0.2, 0) is 21.8 Å². The molecular weight excluding hydrogens is 238 g/mol. The molecule has 0 amide bonds. The lowest BCUT2D eigenvalue weighted by molar-refractivity contribution is -0.0441. The van der Waals surface area contributed by atoms with E-state index in [4.69, 9.17) is 11.0 Å². The first kappa shape index (κ1) is 12.3. The molecule has 0 aromatic rings. The summed E-state index contributed by atoms with van der Waals surface area (Å²) in [6, 6.07) is 0. The summed E-state index contributed by atoms with van der Waals surface area (Å²) in [6.45, 7) is -3.61. The van der Waals surface area contributed by atoms with Crippen LogP contribution in [-0.4, -0.2) is 13.9 Å². The molecule has 0 rings (SSSR count). The molecule has 0 aromatic carbocycles. The van der Waals surface area contributed by atoms with Gasteiger partial charge in [0.15, 0.2) is 0 Å². The van der Waals surface area contributed by atoms with Gasteiger partial charge in [0.1, 0.15) is 6.49 Å². The lowest BCUT2D eigenvalue weighted by Gasteiger charge is -2.14. The lowest BCUT2D eigenvalue weighted by Crippen LogP contribution is -2.38. The molecule has 12 heavy (non-hydrogen) atoms. The van der Waals surface area contributed by atoms with Crippen LogP contribution in [0.5, 0.6) is 0 Å². The topological polar surface area (TPSA) is 98.2 Å². The third kappa shape index (κ3) is 3.78. The molecule has 0 aliphatic heterocycles. The average Bonchev–Trinajstić information content (AvgIpc) is 1.52. The number of hydrogen-bond acceptors (Lipinski definition) is 3. The molecule has 0 atom stereocenters. The quantitative estimate of drug-likeness (QED) is 0.571. The number of hydrogen-bond donors (Lipinski definition) is 3. The highest BCUT2D eigenvalue weighted by molar-refractivity contribution is 8.16. The molecular formula is CH5F3N3O2PS2. The predicted molar refractivity (Wildman–Crippen MR) is 40.8 cm³/mol. The summed E-state index contributed by atoms with van der Waals surface area (Å²) in [6.07, 6.45) is 0. The Hall–Kier alpha value is 0.270. The summed E-state index contributed by atoms with van der Waals surface area (Å²) in [5, 5.41) is 0. The van der Waals surface area contributed by atoms with Crippen LogP contribution in [0.2, 0.25) is 0 Å². The summed E-state index contributed by atoms with van der Waals surface area (Å²) in [5.74, 6) is 0. The zero-order valence-corrected chi connectivity index (χ0v) is 7.90. The van der Waals surface area contributed by atoms with E-state index in [1.54, 1.807) is 0 Å². The van der Waals surface area contributed by atoms with E-state index in [0.29, 0.717) is 0 Å². The lowest BCUT2D eigenvalue weighted by atomic mass is 11.6.